The zero-order valence-corrected chi connectivity index (χ0v) is 16.5. The average molecular weight is 337 g/mol. The molecule has 0 saturated carbocycles. The van der Waals surface area contributed by atoms with E-state index in [-0.39, 0.29) is 11.1 Å². The maximum atomic E-state index is 10.5. The fourth-order valence-corrected chi connectivity index (χ4v) is 3.72. The maximum Gasteiger partial charge on any atom is 0.210 e. The molecule has 0 radical (unpaired) electrons. The van der Waals surface area contributed by atoms with Crippen molar-refractivity contribution in [3.8, 4) is 5.75 Å². The maximum absolute atomic E-state index is 10.5. The van der Waals surface area contributed by atoms with Crippen LogP contribution in [0.15, 0.2) is 24.3 Å². The van der Waals surface area contributed by atoms with Gasteiger partial charge >= 0.3 is 0 Å². The van der Waals surface area contributed by atoms with Crippen molar-refractivity contribution < 1.29 is 14.3 Å². The third kappa shape index (κ3) is 3.81. The summed E-state index contributed by atoms with van der Waals surface area (Å²) < 4.78 is 12.6. The van der Waals surface area contributed by atoms with Crippen LogP contribution in [0.2, 0.25) is 18.1 Å². The van der Waals surface area contributed by atoms with E-state index in [1.165, 1.54) is 0 Å². The summed E-state index contributed by atoms with van der Waals surface area (Å²) in [6, 6.07) is 8.20. The Morgan fingerprint density at radius 2 is 1.78 bits per heavy atom. The zero-order chi connectivity index (χ0) is 17.3. The molecule has 1 aliphatic heterocycles. The van der Waals surface area contributed by atoms with Gasteiger partial charge in [-0.3, -0.25) is 0 Å². The van der Waals surface area contributed by atoms with Crippen molar-refractivity contribution in [2.45, 2.75) is 83.4 Å². The van der Waals surface area contributed by atoms with Crippen LogP contribution in [-0.4, -0.2) is 18.9 Å². The fraction of sp³-hybridized carbons (Fsp3) is 0.684. The molecule has 1 N–H and O–H groups in total. The van der Waals surface area contributed by atoms with Gasteiger partial charge in [-0.05, 0) is 37.0 Å². The first-order valence-corrected chi connectivity index (χ1v) is 11.8. The molecule has 1 atom stereocenters. The first-order valence-electron chi connectivity index (χ1n) is 8.82. The number of para-hydroxylation sites is 1. The molecule has 0 spiro atoms. The molecule has 0 bridgehead atoms. The first kappa shape index (κ1) is 18.5. The van der Waals surface area contributed by atoms with Crippen LogP contribution in [0.3, 0.4) is 0 Å². The van der Waals surface area contributed by atoms with Crippen molar-refractivity contribution in [3.63, 3.8) is 0 Å². The number of rotatable bonds is 6. The summed E-state index contributed by atoms with van der Waals surface area (Å²) in [6.07, 6.45) is 3.56. The summed E-state index contributed by atoms with van der Waals surface area (Å²) in [5.41, 5.74) is 1.14. The molecule has 1 aliphatic rings. The molecule has 2 rings (SSSR count). The van der Waals surface area contributed by atoms with E-state index in [0.29, 0.717) is 0 Å². The number of benzene rings is 1. The second-order valence-electron chi connectivity index (χ2n) is 7.85. The van der Waals surface area contributed by atoms with Crippen LogP contribution in [0.25, 0.3) is 0 Å². The van der Waals surface area contributed by atoms with Crippen LogP contribution >= 0.6 is 0 Å². The van der Waals surface area contributed by atoms with E-state index in [1.54, 1.807) is 0 Å². The van der Waals surface area contributed by atoms with E-state index in [9.17, 15) is 4.80 Å². The molecule has 0 unspecified atom stereocenters. The van der Waals surface area contributed by atoms with E-state index >= 15 is 0 Å². The molecule has 4 heteroatoms. The normalized spacial score (nSPS) is 20.7. The Hall–Kier alpha value is -0.843. The van der Waals surface area contributed by atoms with Gasteiger partial charge in [-0.1, -0.05) is 45.9 Å². The summed E-state index contributed by atoms with van der Waals surface area (Å²) in [5, 5.41) is -0.0370. The van der Waals surface area contributed by atoms with Crippen molar-refractivity contribution in [1.82, 2.24) is 0 Å². The predicted molar refractivity (Wildman–Crippen MR) is 97.2 cm³/mol. The van der Waals surface area contributed by atoms with Crippen LogP contribution in [0, 0.1) is 0 Å². The lowest BCUT2D eigenvalue weighted by Gasteiger charge is -2.43. The van der Waals surface area contributed by atoms with Crippen molar-refractivity contribution >= 4 is 8.32 Å². The van der Waals surface area contributed by atoms with E-state index < -0.39 is 14.1 Å². The number of hydrogen-bond acceptors (Lipinski definition) is 3. The van der Waals surface area contributed by atoms with E-state index in [4.69, 9.17) is 9.47 Å². The van der Waals surface area contributed by atoms with Gasteiger partial charge in [0, 0.05) is 18.4 Å². The van der Waals surface area contributed by atoms with Gasteiger partial charge in [0.2, 0.25) is 5.79 Å². The molecule has 0 aromatic heterocycles. The monoisotopic (exact) mass is 336 g/mol. The van der Waals surface area contributed by atoms with Gasteiger partial charge in [-0.2, -0.15) is 0 Å². The van der Waals surface area contributed by atoms with E-state index in [2.05, 4.69) is 33.8 Å². The van der Waals surface area contributed by atoms with Crippen molar-refractivity contribution in [1.29, 1.82) is 0 Å². The van der Waals surface area contributed by atoms with Crippen LogP contribution < -0.4 is 4.74 Å². The minimum atomic E-state index is -2.20. The highest BCUT2D eigenvalue weighted by atomic mass is 28.4. The predicted octanol–water partition coefficient (Wildman–Crippen LogP) is 5.41. The van der Waals surface area contributed by atoms with Gasteiger partial charge in [-0.15, -0.1) is 0 Å². The summed E-state index contributed by atoms with van der Waals surface area (Å²) in [4.78, 5) is 10.5. The molecule has 0 saturated heterocycles. The Balaban J connectivity index is 2.23. The lowest BCUT2D eigenvalue weighted by molar-refractivity contribution is -0.235. The quantitative estimate of drug-likeness (QED) is 0.706. The molecule has 23 heavy (non-hydrogen) atoms. The largest absolute Gasteiger partial charge is 0.462 e. The van der Waals surface area contributed by atoms with Crippen LogP contribution in [0.1, 0.15) is 65.0 Å². The van der Waals surface area contributed by atoms with Gasteiger partial charge in [0.15, 0.2) is 8.32 Å². The minimum absolute atomic E-state index is 0.0370. The minimum Gasteiger partial charge on any atom is -0.462 e. The fourth-order valence-electron chi connectivity index (χ4n) is 2.96. The van der Waals surface area contributed by atoms with E-state index in [0.717, 1.165) is 37.0 Å². The Labute approximate surface area is 142 Å². The lowest BCUT2D eigenvalue weighted by atomic mass is 9.96. The van der Waals surface area contributed by atoms with Gasteiger partial charge in [0.25, 0.3) is 0 Å². The highest BCUT2D eigenvalue weighted by molar-refractivity contribution is 6.72. The first-order chi connectivity index (χ1) is 10.6. The van der Waals surface area contributed by atoms with Gasteiger partial charge in [0.05, 0.1) is 6.10 Å². The van der Waals surface area contributed by atoms with Crippen molar-refractivity contribution in [3.05, 3.63) is 29.8 Å². The highest BCUT2D eigenvalue weighted by Crippen LogP contribution is 2.47. The molecule has 1 heterocycles. The Bertz CT molecular complexity index is 530. The summed E-state index contributed by atoms with van der Waals surface area (Å²) in [5.74, 6) is 0.431. The van der Waals surface area contributed by atoms with Crippen molar-refractivity contribution in [2.75, 3.05) is 0 Å². The second-order valence-corrected chi connectivity index (χ2v) is 12.3. The number of fused-ring (bicyclic) bond motifs is 1. The summed E-state index contributed by atoms with van der Waals surface area (Å²) in [7, 11) is -2.20. The summed E-state index contributed by atoms with van der Waals surface area (Å²) >= 11 is 0. The molecule has 1 aromatic rings. The third-order valence-electron chi connectivity index (χ3n) is 5.68. The van der Waals surface area contributed by atoms with Crippen LogP contribution in [0.4, 0.5) is 0 Å². The number of ether oxygens (including phenoxy) is 2. The average Bonchev–Trinajstić information content (AvgIpc) is 2.51. The Morgan fingerprint density at radius 3 is 2.35 bits per heavy atom. The molecule has 1 aromatic carbocycles. The molecular formula is C19H32O3Si. The van der Waals surface area contributed by atoms with Crippen molar-refractivity contribution in [2.24, 2.45) is 0 Å². The van der Waals surface area contributed by atoms with Gasteiger partial charge in [0.1, 0.15) is 5.75 Å². The lowest BCUT2D eigenvalue weighted by Crippen LogP contribution is -2.43. The molecular weight excluding hydrogens is 304 g/mol. The van der Waals surface area contributed by atoms with Crippen LogP contribution in [0.5, 0.6) is 5.75 Å². The van der Waals surface area contributed by atoms with Crippen LogP contribution in [-0.2, 0) is 4.74 Å². The highest BCUT2D eigenvalue weighted by Gasteiger charge is 2.42. The molecule has 0 aliphatic carbocycles. The molecule has 0 fully saturated rings. The zero-order valence-electron chi connectivity index (χ0n) is 15.5. The topological polar surface area (TPSA) is 38.7 Å². The smallest absolute Gasteiger partial charge is 0.210 e. The number of hydrogen-bond donors (Lipinski definition) is 1. The Morgan fingerprint density at radius 1 is 1.17 bits per heavy atom. The SMILES string of the molecule is CCC1(CC)Oc2ccccc2[C@H](CCC(C)(C)[Si](C)(C)O)O1. The molecule has 3 nitrogen and oxygen atoms in total. The molecule has 130 valence electrons. The van der Waals surface area contributed by atoms with Gasteiger partial charge < -0.3 is 14.3 Å². The Kier molecular flexibility index (Phi) is 5.29. The summed E-state index contributed by atoms with van der Waals surface area (Å²) in [6.45, 7) is 12.6. The van der Waals surface area contributed by atoms with E-state index in [1.807, 2.05) is 31.3 Å². The second kappa shape index (κ2) is 6.58. The third-order valence-corrected chi connectivity index (χ3v) is 9.25. The van der Waals surface area contributed by atoms with Gasteiger partial charge in [-0.25, -0.2) is 0 Å². The standard InChI is InChI=1S/C19H32O3Si/c1-7-19(8-2)21-16-12-10-9-11-15(16)17(22-19)13-14-18(3,4)23(5,6)20/h9-12,17,20H,7-8,13-14H2,1-6H3/t17-/m0/s1. The molecule has 0 amide bonds.